The highest BCUT2D eigenvalue weighted by molar-refractivity contribution is 7.10. The molecule has 1 aromatic rings. The van der Waals surface area contributed by atoms with Crippen molar-refractivity contribution < 1.29 is 14.6 Å². The molecule has 66 valence electrons. The smallest absolute Gasteiger partial charge is 0.308 e. The van der Waals surface area contributed by atoms with Crippen molar-refractivity contribution in [3.05, 3.63) is 22.4 Å². The molecule has 1 heterocycles. The summed E-state index contributed by atoms with van der Waals surface area (Å²) >= 11 is 1.43. The molecule has 0 aromatic carbocycles. The molecule has 0 bridgehead atoms. The Morgan fingerprint density at radius 1 is 1.83 bits per heavy atom. The number of hydrogen-bond donors (Lipinski definition) is 1. The van der Waals surface area contributed by atoms with Gasteiger partial charge in [-0.2, -0.15) is 0 Å². The van der Waals surface area contributed by atoms with Gasteiger partial charge in [-0.15, -0.1) is 11.3 Å². The van der Waals surface area contributed by atoms with Crippen molar-refractivity contribution >= 4 is 17.3 Å². The van der Waals surface area contributed by atoms with Crippen LogP contribution in [0.25, 0.3) is 0 Å². The molecule has 4 heteroatoms. The van der Waals surface area contributed by atoms with Crippen molar-refractivity contribution in [3.8, 4) is 0 Å². The number of aliphatic hydroxyl groups is 1. The number of hydrogen-bond acceptors (Lipinski definition) is 4. The molecular weight excluding hydrogens is 176 g/mol. The summed E-state index contributed by atoms with van der Waals surface area (Å²) in [7, 11) is 1.31. The van der Waals surface area contributed by atoms with Crippen molar-refractivity contribution in [2.24, 2.45) is 0 Å². The van der Waals surface area contributed by atoms with E-state index in [0.29, 0.717) is 0 Å². The van der Waals surface area contributed by atoms with E-state index in [0.717, 1.165) is 4.88 Å². The van der Waals surface area contributed by atoms with E-state index in [2.05, 4.69) is 4.74 Å². The molecule has 0 aliphatic heterocycles. The molecule has 0 unspecified atom stereocenters. The normalized spacial score (nSPS) is 12.5. The van der Waals surface area contributed by atoms with E-state index >= 15 is 0 Å². The van der Waals surface area contributed by atoms with Gasteiger partial charge in [-0.1, -0.05) is 6.07 Å². The molecule has 1 aromatic heterocycles. The first-order valence-electron chi connectivity index (χ1n) is 3.52. The maximum absolute atomic E-state index is 10.7. The Hall–Kier alpha value is -0.870. The molecule has 1 N–H and O–H groups in total. The van der Waals surface area contributed by atoms with Gasteiger partial charge in [-0.25, -0.2) is 0 Å². The Morgan fingerprint density at radius 2 is 2.58 bits per heavy atom. The summed E-state index contributed by atoms with van der Waals surface area (Å²) in [5.41, 5.74) is 0. The molecule has 0 fully saturated rings. The molecule has 12 heavy (non-hydrogen) atoms. The van der Waals surface area contributed by atoms with Crippen LogP contribution in [0.3, 0.4) is 0 Å². The lowest BCUT2D eigenvalue weighted by Crippen LogP contribution is -2.06. The van der Waals surface area contributed by atoms with Crippen LogP contribution in [-0.2, 0) is 9.53 Å². The molecule has 0 saturated heterocycles. The maximum Gasteiger partial charge on any atom is 0.308 e. The van der Waals surface area contributed by atoms with E-state index in [1.807, 2.05) is 11.4 Å². The van der Waals surface area contributed by atoms with E-state index in [4.69, 9.17) is 0 Å². The first-order chi connectivity index (χ1) is 5.74. The number of esters is 1. The highest BCUT2D eigenvalue weighted by Crippen LogP contribution is 2.21. The molecule has 0 radical (unpaired) electrons. The summed E-state index contributed by atoms with van der Waals surface area (Å²) in [4.78, 5) is 11.5. The predicted octanol–water partition coefficient (Wildman–Crippen LogP) is 1.34. The Balaban J connectivity index is 2.49. The van der Waals surface area contributed by atoms with E-state index in [9.17, 15) is 9.90 Å². The average Bonchev–Trinajstić information content (AvgIpc) is 2.56. The second-order valence-electron chi connectivity index (χ2n) is 2.31. The quantitative estimate of drug-likeness (QED) is 0.725. The average molecular weight is 186 g/mol. The second kappa shape index (κ2) is 4.23. The van der Waals surface area contributed by atoms with Gasteiger partial charge >= 0.3 is 5.97 Å². The van der Waals surface area contributed by atoms with Gasteiger partial charge in [0.15, 0.2) is 0 Å². The molecule has 0 amide bonds. The number of methoxy groups -OCH3 is 1. The summed E-state index contributed by atoms with van der Waals surface area (Å²) < 4.78 is 4.42. The first-order valence-corrected chi connectivity index (χ1v) is 4.40. The van der Waals surface area contributed by atoms with E-state index in [1.54, 1.807) is 6.07 Å². The Bertz CT molecular complexity index is 243. The summed E-state index contributed by atoms with van der Waals surface area (Å²) in [5.74, 6) is -0.393. The lowest BCUT2D eigenvalue weighted by atomic mass is 10.2. The molecule has 0 saturated carbocycles. The van der Waals surface area contributed by atoms with E-state index < -0.39 is 12.1 Å². The van der Waals surface area contributed by atoms with Crippen LogP contribution in [-0.4, -0.2) is 18.2 Å². The van der Waals surface area contributed by atoms with Gasteiger partial charge in [-0.3, -0.25) is 4.79 Å². The number of ether oxygens (including phenoxy) is 1. The van der Waals surface area contributed by atoms with Crippen LogP contribution in [0.1, 0.15) is 17.4 Å². The van der Waals surface area contributed by atoms with Gasteiger partial charge < -0.3 is 9.84 Å². The predicted molar refractivity (Wildman–Crippen MR) is 45.9 cm³/mol. The molecule has 0 aliphatic carbocycles. The molecule has 1 rings (SSSR count). The molecule has 1 atom stereocenters. The van der Waals surface area contributed by atoms with Crippen molar-refractivity contribution in [2.75, 3.05) is 7.11 Å². The van der Waals surface area contributed by atoms with E-state index in [1.165, 1.54) is 18.4 Å². The fourth-order valence-electron chi connectivity index (χ4n) is 0.823. The zero-order chi connectivity index (χ0) is 8.97. The monoisotopic (exact) mass is 186 g/mol. The summed E-state index contributed by atoms with van der Waals surface area (Å²) in [5, 5.41) is 11.3. The SMILES string of the molecule is COC(=O)C[C@@H](O)c1cccs1. The third kappa shape index (κ3) is 2.32. The number of aliphatic hydroxyl groups excluding tert-OH is 1. The fourth-order valence-corrected chi connectivity index (χ4v) is 1.53. The topological polar surface area (TPSA) is 46.5 Å². The van der Waals surface area contributed by atoms with Crippen LogP contribution in [0, 0.1) is 0 Å². The summed E-state index contributed by atoms with van der Waals surface area (Å²) in [6.07, 6.45) is -0.700. The Morgan fingerprint density at radius 3 is 3.08 bits per heavy atom. The lowest BCUT2D eigenvalue weighted by Gasteiger charge is -2.05. The Labute approximate surface area is 74.6 Å². The van der Waals surface area contributed by atoms with Crippen molar-refractivity contribution in [2.45, 2.75) is 12.5 Å². The van der Waals surface area contributed by atoms with Gasteiger partial charge in [-0.05, 0) is 11.4 Å². The standard InChI is InChI=1S/C8H10O3S/c1-11-8(10)5-6(9)7-3-2-4-12-7/h2-4,6,9H,5H2,1H3/t6-/m1/s1. The minimum absolute atomic E-state index is 0.0248. The highest BCUT2D eigenvalue weighted by atomic mass is 32.1. The van der Waals surface area contributed by atoms with Gasteiger partial charge in [0, 0.05) is 4.88 Å². The zero-order valence-electron chi connectivity index (χ0n) is 6.69. The van der Waals surface area contributed by atoms with Crippen LogP contribution >= 0.6 is 11.3 Å². The van der Waals surface area contributed by atoms with Crippen LogP contribution in [0.15, 0.2) is 17.5 Å². The minimum Gasteiger partial charge on any atom is -0.469 e. The molecule has 3 nitrogen and oxygen atoms in total. The number of thiophene rings is 1. The number of carbonyl (C=O) groups is 1. The van der Waals surface area contributed by atoms with Gasteiger partial charge in [0.2, 0.25) is 0 Å². The zero-order valence-corrected chi connectivity index (χ0v) is 7.50. The van der Waals surface area contributed by atoms with E-state index in [-0.39, 0.29) is 6.42 Å². The van der Waals surface area contributed by atoms with Crippen LogP contribution in [0.5, 0.6) is 0 Å². The fraction of sp³-hybridized carbons (Fsp3) is 0.375. The third-order valence-electron chi connectivity index (χ3n) is 1.46. The van der Waals surface area contributed by atoms with Gasteiger partial charge in [0.1, 0.15) is 0 Å². The third-order valence-corrected chi connectivity index (χ3v) is 2.43. The first kappa shape index (κ1) is 9.22. The number of carbonyl (C=O) groups excluding carboxylic acids is 1. The van der Waals surface area contributed by atoms with Crippen LogP contribution in [0.2, 0.25) is 0 Å². The maximum atomic E-state index is 10.7. The largest absolute Gasteiger partial charge is 0.469 e. The lowest BCUT2D eigenvalue weighted by molar-refractivity contribution is -0.142. The van der Waals surface area contributed by atoms with Crippen molar-refractivity contribution in [1.82, 2.24) is 0 Å². The van der Waals surface area contributed by atoms with Gasteiger partial charge in [0.25, 0.3) is 0 Å². The molecule has 0 aliphatic rings. The second-order valence-corrected chi connectivity index (χ2v) is 3.29. The summed E-state index contributed by atoms with van der Waals surface area (Å²) in [6, 6.07) is 3.62. The van der Waals surface area contributed by atoms with Crippen molar-refractivity contribution in [1.29, 1.82) is 0 Å². The summed E-state index contributed by atoms with van der Waals surface area (Å²) in [6.45, 7) is 0. The Kier molecular flexibility index (Phi) is 3.25. The van der Waals surface area contributed by atoms with Crippen LogP contribution in [0.4, 0.5) is 0 Å². The van der Waals surface area contributed by atoms with Gasteiger partial charge in [0.05, 0.1) is 19.6 Å². The molecule has 0 spiro atoms. The highest BCUT2D eigenvalue weighted by Gasteiger charge is 2.13. The molecular formula is C8H10O3S. The van der Waals surface area contributed by atoms with Crippen molar-refractivity contribution in [3.63, 3.8) is 0 Å². The minimum atomic E-state index is -0.725. The number of rotatable bonds is 3. The van der Waals surface area contributed by atoms with Crippen LogP contribution < -0.4 is 0 Å².